The summed E-state index contributed by atoms with van der Waals surface area (Å²) in [6, 6.07) is 14.4. The van der Waals surface area contributed by atoms with Gasteiger partial charge in [0.25, 0.3) is 0 Å². The van der Waals surface area contributed by atoms with Crippen molar-refractivity contribution in [3.8, 4) is 16.9 Å². The first-order valence-corrected chi connectivity index (χ1v) is 11.7. The number of nitrogens with one attached hydrogen (secondary N) is 1. The van der Waals surface area contributed by atoms with E-state index < -0.39 is 0 Å². The summed E-state index contributed by atoms with van der Waals surface area (Å²) in [5.41, 5.74) is 4.50. The van der Waals surface area contributed by atoms with Gasteiger partial charge >= 0.3 is 0 Å². The summed E-state index contributed by atoms with van der Waals surface area (Å²) in [6.45, 7) is 1.29. The maximum atomic E-state index is 12.7. The molecule has 4 aliphatic heterocycles. The SMILES string of the molecule is O=C(CCN1C(=O)C2C3CCC(O3)C2C1=O)NCc1ccc(-c2ccc3c(c2)CCO3)cc1. The number of carbonyl (C=O) groups excluding carboxylic acids is 3. The number of hydrogen-bond acceptors (Lipinski definition) is 5. The summed E-state index contributed by atoms with van der Waals surface area (Å²) in [6.07, 6.45) is 2.50. The normalized spacial score (nSPS) is 27.0. The molecule has 0 aliphatic carbocycles. The van der Waals surface area contributed by atoms with Gasteiger partial charge in [-0.25, -0.2) is 0 Å². The molecule has 4 atom stereocenters. The number of fused-ring (bicyclic) bond motifs is 6. The zero-order valence-corrected chi connectivity index (χ0v) is 18.3. The van der Waals surface area contributed by atoms with E-state index in [1.807, 2.05) is 18.2 Å². The Morgan fingerprint density at radius 1 is 0.970 bits per heavy atom. The van der Waals surface area contributed by atoms with E-state index >= 15 is 0 Å². The zero-order valence-electron chi connectivity index (χ0n) is 18.3. The van der Waals surface area contributed by atoms with Crippen LogP contribution in [0.3, 0.4) is 0 Å². The highest BCUT2D eigenvalue weighted by Crippen LogP contribution is 2.48. The summed E-state index contributed by atoms with van der Waals surface area (Å²) in [5, 5.41) is 2.90. The molecule has 4 unspecified atom stereocenters. The van der Waals surface area contributed by atoms with Crippen LogP contribution in [0, 0.1) is 11.8 Å². The van der Waals surface area contributed by atoms with Gasteiger partial charge in [0.05, 0.1) is 30.7 Å². The Labute approximate surface area is 192 Å². The number of nitrogens with zero attached hydrogens (tertiary/aromatic N) is 1. The van der Waals surface area contributed by atoms with Crippen molar-refractivity contribution in [2.24, 2.45) is 11.8 Å². The number of rotatable bonds is 6. The second-order valence-corrected chi connectivity index (χ2v) is 9.31. The minimum Gasteiger partial charge on any atom is -0.493 e. The quantitative estimate of drug-likeness (QED) is 0.689. The van der Waals surface area contributed by atoms with Crippen LogP contribution in [-0.4, -0.2) is 48.0 Å². The monoisotopic (exact) mass is 446 g/mol. The fourth-order valence-corrected chi connectivity index (χ4v) is 5.68. The number of imide groups is 1. The molecule has 3 amide bonds. The molecule has 7 nitrogen and oxygen atoms in total. The van der Waals surface area contributed by atoms with Crippen LogP contribution in [0.15, 0.2) is 42.5 Å². The highest BCUT2D eigenvalue weighted by Gasteiger charge is 2.62. The third-order valence-electron chi connectivity index (χ3n) is 7.40. The molecular formula is C26H26N2O5. The van der Waals surface area contributed by atoms with Crippen molar-refractivity contribution in [2.45, 2.75) is 44.4 Å². The fourth-order valence-electron chi connectivity index (χ4n) is 5.68. The van der Waals surface area contributed by atoms with E-state index in [4.69, 9.17) is 9.47 Å². The van der Waals surface area contributed by atoms with E-state index in [1.54, 1.807) is 0 Å². The Hall–Kier alpha value is -3.19. The van der Waals surface area contributed by atoms with E-state index in [2.05, 4.69) is 29.6 Å². The van der Waals surface area contributed by atoms with E-state index in [-0.39, 0.29) is 54.7 Å². The maximum absolute atomic E-state index is 12.7. The standard InChI is InChI=1S/C26H26N2O5/c29-22(9-11-28-25(30)23-20-7-8-21(33-20)24(23)26(28)31)27-14-15-1-3-16(4-2-15)17-5-6-19-18(13-17)10-12-32-19/h1-6,13,20-21,23-24H,7-12,14H2,(H,27,29). The van der Waals surface area contributed by atoms with Gasteiger partial charge in [-0.3, -0.25) is 19.3 Å². The van der Waals surface area contributed by atoms with Crippen LogP contribution in [0.5, 0.6) is 5.75 Å². The Kier molecular flexibility index (Phi) is 4.94. The van der Waals surface area contributed by atoms with Crippen molar-refractivity contribution in [1.82, 2.24) is 10.2 Å². The van der Waals surface area contributed by atoms with Gasteiger partial charge in [-0.2, -0.15) is 0 Å². The average molecular weight is 447 g/mol. The molecule has 3 fully saturated rings. The molecule has 0 radical (unpaired) electrons. The highest BCUT2D eigenvalue weighted by atomic mass is 16.5. The predicted octanol–water partition coefficient (Wildman–Crippen LogP) is 2.46. The minimum absolute atomic E-state index is 0.113. The molecule has 1 N–H and O–H groups in total. The summed E-state index contributed by atoms with van der Waals surface area (Å²) in [4.78, 5) is 39.0. The first kappa shape index (κ1) is 20.4. The van der Waals surface area contributed by atoms with E-state index in [1.165, 1.54) is 10.5 Å². The highest BCUT2D eigenvalue weighted by molar-refractivity contribution is 6.06. The van der Waals surface area contributed by atoms with Gasteiger partial charge in [0.2, 0.25) is 17.7 Å². The van der Waals surface area contributed by atoms with E-state index in [0.29, 0.717) is 6.54 Å². The van der Waals surface area contributed by atoms with E-state index in [9.17, 15) is 14.4 Å². The van der Waals surface area contributed by atoms with E-state index in [0.717, 1.165) is 48.3 Å². The molecule has 2 bridgehead atoms. The van der Waals surface area contributed by atoms with Crippen molar-refractivity contribution in [1.29, 1.82) is 0 Å². The lowest BCUT2D eigenvalue weighted by Crippen LogP contribution is -2.37. The van der Waals surface area contributed by atoms with Gasteiger partial charge in [-0.1, -0.05) is 30.3 Å². The molecular weight excluding hydrogens is 420 g/mol. The third kappa shape index (κ3) is 3.51. The van der Waals surface area contributed by atoms with Crippen molar-refractivity contribution in [3.63, 3.8) is 0 Å². The largest absolute Gasteiger partial charge is 0.493 e. The molecule has 4 aliphatic rings. The second kappa shape index (κ2) is 7.99. The number of ether oxygens (including phenoxy) is 2. The van der Waals surface area contributed by atoms with Gasteiger partial charge < -0.3 is 14.8 Å². The first-order valence-electron chi connectivity index (χ1n) is 11.7. The molecule has 170 valence electrons. The van der Waals surface area contributed by atoms with Crippen molar-refractivity contribution in [3.05, 3.63) is 53.6 Å². The van der Waals surface area contributed by atoms with Gasteiger partial charge in [0.1, 0.15) is 5.75 Å². The molecule has 7 heteroatoms. The lowest BCUT2D eigenvalue weighted by atomic mass is 9.81. The molecule has 6 rings (SSSR count). The van der Waals surface area contributed by atoms with Crippen LogP contribution in [0.2, 0.25) is 0 Å². The Morgan fingerprint density at radius 3 is 2.39 bits per heavy atom. The Morgan fingerprint density at radius 2 is 1.67 bits per heavy atom. The van der Waals surface area contributed by atoms with Crippen LogP contribution in [0.1, 0.15) is 30.4 Å². The van der Waals surface area contributed by atoms with Gasteiger partial charge in [-0.15, -0.1) is 0 Å². The number of carbonyl (C=O) groups is 3. The van der Waals surface area contributed by atoms with Gasteiger partial charge in [0.15, 0.2) is 0 Å². The number of benzene rings is 2. The van der Waals surface area contributed by atoms with Crippen molar-refractivity contribution in [2.75, 3.05) is 13.2 Å². The van der Waals surface area contributed by atoms with Gasteiger partial charge in [-0.05, 0) is 47.2 Å². The third-order valence-corrected chi connectivity index (χ3v) is 7.40. The number of hydrogen-bond donors (Lipinski definition) is 1. The summed E-state index contributed by atoms with van der Waals surface area (Å²) < 4.78 is 11.3. The summed E-state index contributed by atoms with van der Waals surface area (Å²) >= 11 is 0. The van der Waals surface area contributed by atoms with Crippen molar-refractivity contribution < 1.29 is 23.9 Å². The molecule has 0 saturated carbocycles. The lowest BCUT2D eigenvalue weighted by Gasteiger charge is -2.17. The minimum atomic E-state index is -0.337. The smallest absolute Gasteiger partial charge is 0.235 e. The summed E-state index contributed by atoms with van der Waals surface area (Å²) in [5.74, 6) is -0.210. The lowest BCUT2D eigenvalue weighted by molar-refractivity contribution is -0.142. The first-order chi connectivity index (χ1) is 16.1. The maximum Gasteiger partial charge on any atom is 0.235 e. The molecule has 2 aromatic carbocycles. The van der Waals surface area contributed by atoms with Crippen LogP contribution < -0.4 is 10.1 Å². The van der Waals surface area contributed by atoms with Gasteiger partial charge in [0, 0.05) is 25.9 Å². The summed E-state index contributed by atoms with van der Waals surface area (Å²) in [7, 11) is 0. The van der Waals surface area contributed by atoms with Crippen LogP contribution in [-0.2, 0) is 32.1 Å². The Balaban J connectivity index is 1.01. The van der Waals surface area contributed by atoms with Crippen LogP contribution in [0.4, 0.5) is 0 Å². The Bertz CT molecular complexity index is 1100. The van der Waals surface area contributed by atoms with Crippen LogP contribution in [0.25, 0.3) is 11.1 Å². The molecule has 0 aromatic heterocycles. The fraction of sp³-hybridized carbons (Fsp3) is 0.423. The number of amides is 3. The molecule has 0 spiro atoms. The molecule has 2 aromatic rings. The average Bonchev–Trinajstić information content (AvgIpc) is 3.61. The molecule has 33 heavy (non-hydrogen) atoms. The number of likely N-dealkylation sites (tertiary alicyclic amines) is 1. The molecule has 4 heterocycles. The molecule has 3 saturated heterocycles. The second-order valence-electron chi connectivity index (χ2n) is 9.31. The predicted molar refractivity (Wildman–Crippen MR) is 119 cm³/mol. The topological polar surface area (TPSA) is 84.9 Å². The van der Waals surface area contributed by atoms with Crippen LogP contribution >= 0.6 is 0 Å². The zero-order chi connectivity index (χ0) is 22.5. The van der Waals surface area contributed by atoms with Crippen molar-refractivity contribution >= 4 is 17.7 Å².